The molecule has 17 heavy (non-hydrogen) atoms. The van der Waals surface area contributed by atoms with Crippen molar-refractivity contribution >= 4 is 11.7 Å². The Morgan fingerprint density at radius 2 is 1.71 bits per heavy atom. The van der Waals surface area contributed by atoms with Crippen LogP contribution in [0.25, 0.3) is 0 Å². The number of carbonyl (C=O) groups excluding carboxylic acids is 2. The van der Waals surface area contributed by atoms with E-state index in [2.05, 4.69) is 0 Å². The maximum absolute atomic E-state index is 12.1. The number of hydrogen-bond acceptors (Lipinski definition) is 3. The van der Waals surface area contributed by atoms with E-state index in [-0.39, 0.29) is 17.9 Å². The van der Waals surface area contributed by atoms with Crippen molar-refractivity contribution in [1.29, 1.82) is 0 Å². The lowest BCUT2D eigenvalue weighted by atomic mass is 9.98. The van der Waals surface area contributed by atoms with Gasteiger partial charge in [-0.3, -0.25) is 14.5 Å². The molecule has 1 unspecified atom stereocenters. The molecule has 1 aliphatic heterocycles. The fourth-order valence-corrected chi connectivity index (χ4v) is 3.08. The Kier molecular flexibility index (Phi) is 4.15. The Hall–Kier alpha value is -0.900. The van der Waals surface area contributed by atoms with Crippen LogP contribution >= 0.6 is 0 Å². The first-order valence-corrected chi connectivity index (χ1v) is 6.74. The molecule has 2 aliphatic rings. The standard InChI is InChI=1S/C13H22N2O2/c14-13(17)11-7-3-4-8-15(11)9-12(16)10-5-1-2-6-10/h10-11H,1-9H2,(H2,14,17). The fraction of sp³-hybridized carbons (Fsp3) is 0.846. The van der Waals surface area contributed by atoms with Crippen LogP contribution in [0.1, 0.15) is 44.9 Å². The maximum atomic E-state index is 12.1. The van der Waals surface area contributed by atoms with E-state index in [1.165, 1.54) is 12.8 Å². The molecule has 0 bridgehead atoms. The van der Waals surface area contributed by atoms with E-state index in [4.69, 9.17) is 5.73 Å². The number of hydrogen-bond donors (Lipinski definition) is 1. The molecule has 1 saturated heterocycles. The number of likely N-dealkylation sites (tertiary alicyclic amines) is 1. The van der Waals surface area contributed by atoms with Gasteiger partial charge in [0, 0.05) is 5.92 Å². The minimum absolute atomic E-state index is 0.214. The molecule has 1 aliphatic carbocycles. The monoisotopic (exact) mass is 238 g/mol. The molecule has 4 nitrogen and oxygen atoms in total. The molecule has 96 valence electrons. The van der Waals surface area contributed by atoms with Crippen molar-refractivity contribution in [2.45, 2.75) is 51.0 Å². The maximum Gasteiger partial charge on any atom is 0.234 e. The molecular formula is C13H22N2O2. The number of amides is 1. The summed E-state index contributed by atoms with van der Waals surface area (Å²) in [5.74, 6) is 0.282. The summed E-state index contributed by atoms with van der Waals surface area (Å²) >= 11 is 0. The Bertz CT molecular complexity index is 298. The van der Waals surface area contributed by atoms with Gasteiger partial charge < -0.3 is 5.73 Å². The number of nitrogens with zero attached hydrogens (tertiary/aromatic N) is 1. The molecule has 1 atom stereocenters. The zero-order valence-electron chi connectivity index (χ0n) is 10.4. The van der Waals surface area contributed by atoms with Gasteiger partial charge in [-0.05, 0) is 32.2 Å². The Balaban J connectivity index is 1.90. The number of rotatable bonds is 4. The zero-order chi connectivity index (χ0) is 12.3. The Labute approximate surface area is 103 Å². The quantitative estimate of drug-likeness (QED) is 0.797. The molecule has 2 rings (SSSR count). The third kappa shape index (κ3) is 3.06. The van der Waals surface area contributed by atoms with Gasteiger partial charge in [-0.1, -0.05) is 19.3 Å². The van der Waals surface area contributed by atoms with Crippen LogP contribution in [0.3, 0.4) is 0 Å². The highest BCUT2D eigenvalue weighted by atomic mass is 16.1. The lowest BCUT2D eigenvalue weighted by Crippen LogP contribution is -2.50. The van der Waals surface area contributed by atoms with E-state index < -0.39 is 0 Å². The summed E-state index contributed by atoms with van der Waals surface area (Å²) in [5, 5.41) is 0. The van der Waals surface area contributed by atoms with Crippen LogP contribution in [0.2, 0.25) is 0 Å². The molecule has 4 heteroatoms. The Morgan fingerprint density at radius 1 is 1.06 bits per heavy atom. The predicted molar refractivity (Wildman–Crippen MR) is 65.4 cm³/mol. The van der Waals surface area contributed by atoms with Crippen molar-refractivity contribution in [3.63, 3.8) is 0 Å². The van der Waals surface area contributed by atoms with Gasteiger partial charge in [-0.2, -0.15) is 0 Å². The molecular weight excluding hydrogens is 216 g/mol. The molecule has 0 radical (unpaired) electrons. The molecule has 0 aromatic heterocycles. The van der Waals surface area contributed by atoms with Crippen LogP contribution in [0, 0.1) is 5.92 Å². The molecule has 1 heterocycles. The fourth-order valence-electron chi connectivity index (χ4n) is 3.08. The van der Waals surface area contributed by atoms with Crippen LogP contribution in [0.4, 0.5) is 0 Å². The summed E-state index contributed by atoms with van der Waals surface area (Å²) in [6, 6.07) is -0.214. The van der Waals surface area contributed by atoms with Gasteiger partial charge >= 0.3 is 0 Å². The Morgan fingerprint density at radius 3 is 2.35 bits per heavy atom. The largest absolute Gasteiger partial charge is 0.368 e. The van der Waals surface area contributed by atoms with E-state index in [1.807, 2.05) is 4.90 Å². The highest BCUT2D eigenvalue weighted by Gasteiger charge is 2.31. The second-order valence-electron chi connectivity index (χ2n) is 5.33. The lowest BCUT2D eigenvalue weighted by molar-refractivity contribution is -0.128. The van der Waals surface area contributed by atoms with Crippen molar-refractivity contribution < 1.29 is 9.59 Å². The predicted octanol–water partition coefficient (Wildman–Crippen LogP) is 1.09. The molecule has 1 saturated carbocycles. The average Bonchev–Trinajstić information content (AvgIpc) is 2.83. The summed E-state index contributed by atoms with van der Waals surface area (Å²) in [5.41, 5.74) is 5.39. The SMILES string of the molecule is NC(=O)C1CCCCN1CC(=O)C1CCCC1. The first-order valence-electron chi connectivity index (χ1n) is 6.74. The second-order valence-corrected chi connectivity index (χ2v) is 5.33. The first kappa shape index (κ1) is 12.6. The van der Waals surface area contributed by atoms with E-state index in [1.54, 1.807) is 0 Å². The van der Waals surface area contributed by atoms with Gasteiger partial charge in [0.15, 0.2) is 0 Å². The normalized spacial score (nSPS) is 27.2. The smallest absolute Gasteiger partial charge is 0.234 e. The van der Waals surface area contributed by atoms with Gasteiger partial charge in [-0.15, -0.1) is 0 Å². The number of nitrogens with two attached hydrogens (primary N) is 1. The molecule has 0 aromatic carbocycles. The van der Waals surface area contributed by atoms with Crippen molar-refractivity contribution in [2.75, 3.05) is 13.1 Å². The molecule has 1 amide bonds. The summed E-state index contributed by atoms with van der Waals surface area (Å²) in [4.78, 5) is 25.4. The average molecular weight is 238 g/mol. The van der Waals surface area contributed by atoms with Gasteiger partial charge in [-0.25, -0.2) is 0 Å². The number of primary amides is 1. The molecule has 2 fully saturated rings. The first-order chi connectivity index (χ1) is 8.18. The third-order valence-corrected chi connectivity index (χ3v) is 4.11. The van der Waals surface area contributed by atoms with Crippen LogP contribution < -0.4 is 5.73 Å². The third-order valence-electron chi connectivity index (χ3n) is 4.11. The van der Waals surface area contributed by atoms with E-state index >= 15 is 0 Å². The second kappa shape index (κ2) is 5.63. The number of piperidine rings is 1. The topological polar surface area (TPSA) is 63.4 Å². The molecule has 0 aromatic rings. The van der Waals surface area contributed by atoms with Crippen LogP contribution in [0.15, 0.2) is 0 Å². The minimum Gasteiger partial charge on any atom is -0.368 e. The highest BCUT2D eigenvalue weighted by Crippen LogP contribution is 2.26. The minimum atomic E-state index is -0.274. The van der Waals surface area contributed by atoms with Gasteiger partial charge in [0.05, 0.1) is 12.6 Å². The van der Waals surface area contributed by atoms with Crippen molar-refractivity contribution in [1.82, 2.24) is 4.90 Å². The lowest BCUT2D eigenvalue weighted by Gasteiger charge is -2.33. The summed E-state index contributed by atoms with van der Waals surface area (Å²) in [6.07, 6.45) is 7.35. The summed E-state index contributed by atoms with van der Waals surface area (Å²) < 4.78 is 0. The number of ketones is 1. The van der Waals surface area contributed by atoms with Gasteiger partial charge in [0.1, 0.15) is 5.78 Å². The van der Waals surface area contributed by atoms with Crippen LogP contribution in [-0.4, -0.2) is 35.7 Å². The highest BCUT2D eigenvalue weighted by molar-refractivity contribution is 5.85. The van der Waals surface area contributed by atoms with Crippen molar-refractivity contribution in [2.24, 2.45) is 11.7 Å². The van der Waals surface area contributed by atoms with Gasteiger partial charge in [0.2, 0.25) is 5.91 Å². The van der Waals surface area contributed by atoms with Crippen molar-refractivity contribution in [3.8, 4) is 0 Å². The van der Waals surface area contributed by atoms with Crippen LogP contribution in [0.5, 0.6) is 0 Å². The molecule has 0 spiro atoms. The number of Topliss-reactive ketones (excluding diaryl/α,β-unsaturated/α-hetero) is 1. The molecule has 2 N–H and O–H groups in total. The van der Waals surface area contributed by atoms with E-state index in [0.717, 1.165) is 38.6 Å². The van der Waals surface area contributed by atoms with Crippen LogP contribution in [-0.2, 0) is 9.59 Å². The van der Waals surface area contributed by atoms with E-state index in [0.29, 0.717) is 12.3 Å². The summed E-state index contributed by atoms with van der Waals surface area (Å²) in [6.45, 7) is 1.27. The van der Waals surface area contributed by atoms with Gasteiger partial charge in [0.25, 0.3) is 0 Å². The number of carbonyl (C=O) groups is 2. The van der Waals surface area contributed by atoms with Crippen molar-refractivity contribution in [3.05, 3.63) is 0 Å². The summed E-state index contributed by atoms with van der Waals surface area (Å²) in [7, 11) is 0. The zero-order valence-corrected chi connectivity index (χ0v) is 10.4. The van der Waals surface area contributed by atoms with E-state index in [9.17, 15) is 9.59 Å².